The van der Waals surface area contributed by atoms with Crippen molar-refractivity contribution in [3.8, 4) is 0 Å². The smallest absolute Gasteiger partial charge is 0.0855 e. The SMILES string of the molecule is C=C/C=C\C1=C(Cl)Sc2c(Cl)cccc2C=C1. The minimum atomic E-state index is 0.714. The molecule has 0 bridgehead atoms. The van der Waals surface area contributed by atoms with Crippen molar-refractivity contribution >= 4 is 41.0 Å². The van der Waals surface area contributed by atoms with Crippen LogP contribution in [0.2, 0.25) is 5.02 Å². The highest BCUT2D eigenvalue weighted by Crippen LogP contribution is 2.41. The number of rotatable bonds is 2. The van der Waals surface area contributed by atoms with E-state index in [1.165, 1.54) is 11.8 Å². The van der Waals surface area contributed by atoms with Crippen molar-refractivity contribution in [1.82, 2.24) is 0 Å². The maximum absolute atomic E-state index is 6.27. The van der Waals surface area contributed by atoms with Crippen molar-refractivity contribution in [2.45, 2.75) is 4.90 Å². The van der Waals surface area contributed by atoms with Crippen LogP contribution in [0.1, 0.15) is 5.56 Å². The molecule has 2 rings (SSSR count). The van der Waals surface area contributed by atoms with Gasteiger partial charge in [-0.15, -0.1) is 0 Å². The first-order valence-electron chi connectivity index (χ1n) is 5.05. The number of benzene rings is 1. The third-order valence-electron chi connectivity index (χ3n) is 2.27. The summed E-state index contributed by atoms with van der Waals surface area (Å²) in [4.78, 5) is 0.998. The van der Waals surface area contributed by atoms with E-state index < -0.39 is 0 Å². The maximum atomic E-state index is 6.27. The average molecular weight is 281 g/mol. The molecule has 17 heavy (non-hydrogen) atoms. The van der Waals surface area contributed by atoms with Crippen molar-refractivity contribution in [3.05, 3.63) is 69.6 Å². The molecular weight excluding hydrogens is 271 g/mol. The van der Waals surface area contributed by atoms with Crippen LogP contribution in [0.5, 0.6) is 0 Å². The molecule has 1 aromatic carbocycles. The monoisotopic (exact) mass is 280 g/mol. The third-order valence-corrected chi connectivity index (χ3v) is 4.22. The molecule has 1 aliphatic rings. The van der Waals surface area contributed by atoms with Crippen LogP contribution in [0, 0.1) is 0 Å². The van der Waals surface area contributed by atoms with Gasteiger partial charge in [0.15, 0.2) is 0 Å². The van der Waals surface area contributed by atoms with Crippen LogP contribution in [0.4, 0.5) is 0 Å². The predicted molar refractivity (Wildman–Crippen MR) is 78.6 cm³/mol. The average Bonchev–Trinajstić information content (AvgIpc) is 2.47. The van der Waals surface area contributed by atoms with E-state index >= 15 is 0 Å². The van der Waals surface area contributed by atoms with Gasteiger partial charge in [-0.3, -0.25) is 0 Å². The lowest BCUT2D eigenvalue weighted by Crippen LogP contribution is -1.79. The van der Waals surface area contributed by atoms with Crippen molar-refractivity contribution in [1.29, 1.82) is 0 Å². The summed E-state index contributed by atoms with van der Waals surface area (Å²) in [6, 6.07) is 5.83. The van der Waals surface area contributed by atoms with E-state index in [-0.39, 0.29) is 0 Å². The van der Waals surface area contributed by atoms with Crippen LogP contribution in [0.3, 0.4) is 0 Å². The summed E-state index contributed by atoms with van der Waals surface area (Å²) in [6.07, 6.45) is 9.52. The van der Waals surface area contributed by atoms with E-state index in [2.05, 4.69) is 6.58 Å². The first-order valence-corrected chi connectivity index (χ1v) is 6.63. The Balaban J connectivity index is 2.46. The Bertz CT molecular complexity index is 539. The fraction of sp³-hybridized carbons (Fsp3) is 0. The van der Waals surface area contributed by atoms with Gasteiger partial charge < -0.3 is 0 Å². The second kappa shape index (κ2) is 5.63. The molecule has 0 saturated heterocycles. The van der Waals surface area contributed by atoms with Gasteiger partial charge in [-0.05, 0) is 17.2 Å². The van der Waals surface area contributed by atoms with Gasteiger partial charge in [0.2, 0.25) is 0 Å². The molecule has 0 saturated carbocycles. The highest BCUT2D eigenvalue weighted by atomic mass is 35.5. The molecule has 0 N–H and O–H groups in total. The lowest BCUT2D eigenvalue weighted by molar-refractivity contribution is 1.43. The Hall–Kier alpha value is -0.890. The zero-order valence-electron chi connectivity index (χ0n) is 8.99. The van der Waals surface area contributed by atoms with Crippen LogP contribution >= 0.6 is 35.0 Å². The summed E-state index contributed by atoms with van der Waals surface area (Å²) in [5, 5.41) is 0.726. The Morgan fingerprint density at radius 3 is 2.76 bits per heavy atom. The molecule has 0 radical (unpaired) electrons. The topological polar surface area (TPSA) is 0 Å². The Morgan fingerprint density at radius 1 is 1.18 bits per heavy atom. The van der Waals surface area contributed by atoms with Crippen molar-refractivity contribution in [3.63, 3.8) is 0 Å². The highest BCUT2D eigenvalue weighted by molar-refractivity contribution is 8.04. The molecule has 1 aliphatic heterocycles. The van der Waals surface area contributed by atoms with Gasteiger partial charge in [0.05, 0.1) is 9.39 Å². The maximum Gasteiger partial charge on any atom is 0.0855 e. The zero-order valence-corrected chi connectivity index (χ0v) is 11.3. The fourth-order valence-corrected chi connectivity index (χ4v) is 2.96. The molecule has 0 atom stereocenters. The summed E-state index contributed by atoms with van der Waals surface area (Å²) in [7, 11) is 0. The number of fused-ring (bicyclic) bond motifs is 1. The molecule has 1 heterocycles. The normalized spacial score (nSPS) is 14.9. The molecule has 0 spiro atoms. The van der Waals surface area contributed by atoms with E-state index in [1.54, 1.807) is 6.08 Å². The first-order chi connectivity index (χ1) is 8.22. The van der Waals surface area contributed by atoms with E-state index in [0.29, 0.717) is 4.36 Å². The van der Waals surface area contributed by atoms with E-state index in [1.807, 2.05) is 42.5 Å². The summed E-state index contributed by atoms with van der Waals surface area (Å²) < 4.78 is 0.714. The molecule has 3 heteroatoms. The van der Waals surface area contributed by atoms with Crippen LogP contribution in [-0.2, 0) is 0 Å². The minimum Gasteiger partial charge on any atom is -0.0991 e. The van der Waals surface area contributed by atoms with Crippen molar-refractivity contribution < 1.29 is 0 Å². The summed E-state index contributed by atoms with van der Waals surface area (Å²) in [5.74, 6) is 0. The molecule has 0 nitrogen and oxygen atoms in total. The molecule has 0 aliphatic carbocycles. The van der Waals surface area contributed by atoms with E-state index in [0.717, 1.165) is 21.1 Å². The molecule has 0 aromatic heterocycles. The second-order valence-electron chi connectivity index (χ2n) is 3.42. The van der Waals surface area contributed by atoms with Crippen LogP contribution < -0.4 is 0 Å². The zero-order chi connectivity index (χ0) is 12.3. The predicted octanol–water partition coefficient (Wildman–Crippen LogP) is 5.65. The molecule has 86 valence electrons. The van der Waals surface area contributed by atoms with Gasteiger partial charge >= 0.3 is 0 Å². The largest absolute Gasteiger partial charge is 0.0991 e. The number of hydrogen-bond donors (Lipinski definition) is 0. The molecule has 0 unspecified atom stereocenters. The van der Waals surface area contributed by atoms with Gasteiger partial charge in [0.25, 0.3) is 0 Å². The quantitative estimate of drug-likeness (QED) is 0.631. The lowest BCUT2D eigenvalue weighted by Gasteiger charge is -2.05. The number of hydrogen-bond acceptors (Lipinski definition) is 1. The van der Waals surface area contributed by atoms with Gasteiger partial charge in [-0.1, -0.05) is 84.1 Å². The van der Waals surface area contributed by atoms with Gasteiger partial charge in [-0.2, -0.15) is 0 Å². The number of allylic oxidation sites excluding steroid dienone is 5. The Kier molecular flexibility index (Phi) is 4.16. The standard InChI is InChI=1S/C14H10Cl2S/c1-2-3-5-11-9-8-10-6-4-7-12(15)13(10)17-14(11)16/h2-9H,1H2/b5-3-. The lowest BCUT2D eigenvalue weighted by atomic mass is 10.1. The third kappa shape index (κ3) is 2.86. The highest BCUT2D eigenvalue weighted by Gasteiger charge is 2.12. The second-order valence-corrected chi connectivity index (χ2v) is 5.45. The van der Waals surface area contributed by atoms with Crippen LogP contribution in [0.15, 0.2) is 63.9 Å². The van der Waals surface area contributed by atoms with E-state index in [4.69, 9.17) is 23.2 Å². The Morgan fingerprint density at radius 2 is 2.00 bits per heavy atom. The van der Waals surface area contributed by atoms with E-state index in [9.17, 15) is 0 Å². The minimum absolute atomic E-state index is 0.714. The van der Waals surface area contributed by atoms with Crippen LogP contribution in [-0.4, -0.2) is 0 Å². The number of thioether (sulfide) groups is 1. The molecule has 1 aromatic rings. The summed E-state index contributed by atoms with van der Waals surface area (Å²) in [5.41, 5.74) is 2.05. The van der Waals surface area contributed by atoms with Gasteiger partial charge in [0, 0.05) is 4.90 Å². The first kappa shape index (κ1) is 12.6. The van der Waals surface area contributed by atoms with Gasteiger partial charge in [-0.25, -0.2) is 0 Å². The van der Waals surface area contributed by atoms with Crippen molar-refractivity contribution in [2.75, 3.05) is 0 Å². The van der Waals surface area contributed by atoms with Gasteiger partial charge in [0.1, 0.15) is 0 Å². The molecule has 0 fully saturated rings. The van der Waals surface area contributed by atoms with Crippen LogP contribution in [0.25, 0.3) is 6.08 Å². The molecular formula is C14H10Cl2S. The van der Waals surface area contributed by atoms with Crippen molar-refractivity contribution in [2.24, 2.45) is 0 Å². The molecule has 0 amide bonds. The number of halogens is 2. The Labute approximate surface area is 115 Å². The summed E-state index contributed by atoms with van der Waals surface area (Å²) >= 11 is 13.9. The summed E-state index contributed by atoms with van der Waals surface area (Å²) in [6.45, 7) is 3.64. The fourth-order valence-electron chi connectivity index (χ4n) is 1.45.